The van der Waals surface area contributed by atoms with Crippen LogP contribution in [0.1, 0.15) is 11.1 Å². The Morgan fingerprint density at radius 1 is 1.17 bits per heavy atom. The Balaban J connectivity index is 1.58. The first-order chi connectivity index (χ1) is 11.8. The molecule has 0 spiro atoms. The standard InChI is InChI=1S/C20H20N2O2/c1-15(24-14-16-7-3-2-4-8-16)22-18(13-23)11-17-12-21-20-10-6-5-9-19(17)20/h2-10,12-13,18,21-22H,1,11,14H2. The number of para-hydroxylation sites is 1. The smallest absolute Gasteiger partial charge is 0.180 e. The van der Waals surface area contributed by atoms with E-state index in [1.165, 1.54) is 0 Å². The molecular formula is C20H20N2O2. The highest BCUT2D eigenvalue weighted by Gasteiger charge is 2.12. The zero-order valence-electron chi connectivity index (χ0n) is 13.4. The van der Waals surface area contributed by atoms with E-state index in [1.54, 1.807) is 0 Å². The molecule has 0 amide bonds. The third-order valence-electron chi connectivity index (χ3n) is 3.88. The number of carbonyl (C=O) groups is 1. The van der Waals surface area contributed by atoms with Crippen LogP contribution in [0.5, 0.6) is 0 Å². The van der Waals surface area contributed by atoms with Crippen molar-refractivity contribution in [3.63, 3.8) is 0 Å². The van der Waals surface area contributed by atoms with Crippen molar-refractivity contribution in [3.8, 4) is 0 Å². The molecule has 1 heterocycles. The summed E-state index contributed by atoms with van der Waals surface area (Å²) in [6, 6.07) is 17.5. The van der Waals surface area contributed by atoms with E-state index >= 15 is 0 Å². The second-order valence-electron chi connectivity index (χ2n) is 5.65. The summed E-state index contributed by atoms with van der Waals surface area (Å²) < 4.78 is 5.59. The molecule has 4 heteroatoms. The van der Waals surface area contributed by atoms with Crippen molar-refractivity contribution < 1.29 is 9.53 Å². The first kappa shape index (κ1) is 15.9. The molecule has 0 bridgehead atoms. The Morgan fingerprint density at radius 3 is 2.71 bits per heavy atom. The van der Waals surface area contributed by atoms with Crippen molar-refractivity contribution in [1.82, 2.24) is 10.3 Å². The summed E-state index contributed by atoms with van der Waals surface area (Å²) in [4.78, 5) is 14.6. The molecule has 0 fully saturated rings. The number of ether oxygens (including phenoxy) is 1. The van der Waals surface area contributed by atoms with Crippen LogP contribution in [0.3, 0.4) is 0 Å². The fraction of sp³-hybridized carbons (Fsp3) is 0.150. The number of carbonyl (C=O) groups excluding carboxylic acids is 1. The topological polar surface area (TPSA) is 54.1 Å². The van der Waals surface area contributed by atoms with Gasteiger partial charge in [-0.2, -0.15) is 0 Å². The van der Waals surface area contributed by atoms with E-state index in [0.717, 1.165) is 28.3 Å². The summed E-state index contributed by atoms with van der Waals surface area (Å²) in [5, 5.41) is 4.17. The normalized spacial score (nSPS) is 11.8. The first-order valence-electron chi connectivity index (χ1n) is 7.88. The summed E-state index contributed by atoms with van der Waals surface area (Å²) in [7, 11) is 0. The van der Waals surface area contributed by atoms with Crippen LogP contribution in [0.4, 0.5) is 0 Å². The van der Waals surface area contributed by atoms with Crippen molar-refractivity contribution in [2.24, 2.45) is 0 Å². The van der Waals surface area contributed by atoms with Gasteiger partial charge in [0.25, 0.3) is 0 Å². The van der Waals surface area contributed by atoms with E-state index in [2.05, 4.69) is 16.9 Å². The van der Waals surface area contributed by atoms with Crippen molar-refractivity contribution in [1.29, 1.82) is 0 Å². The van der Waals surface area contributed by atoms with Gasteiger partial charge < -0.3 is 19.8 Å². The van der Waals surface area contributed by atoms with Crippen LogP contribution < -0.4 is 5.32 Å². The van der Waals surface area contributed by atoms with E-state index in [-0.39, 0.29) is 6.04 Å². The van der Waals surface area contributed by atoms with E-state index in [1.807, 2.05) is 60.8 Å². The Hall–Kier alpha value is -3.01. The highest BCUT2D eigenvalue weighted by atomic mass is 16.5. The molecule has 0 aliphatic rings. The maximum absolute atomic E-state index is 11.4. The molecule has 2 N–H and O–H groups in total. The monoisotopic (exact) mass is 320 g/mol. The van der Waals surface area contributed by atoms with Gasteiger partial charge in [0.15, 0.2) is 5.88 Å². The molecule has 0 radical (unpaired) electrons. The number of hydrogen-bond donors (Lipinski definition) is 2. The van der Waals surface area contributed by atoms with Crippen LogP contribution in [0, 0.1) is 0 Å². The van der Waals surface area contributed by atoms with Crippen molar-refractivity contribution >= 4 is 17.2 Å². The summed E-state index contributed by atoms with van der Waals surface area (Å²) in [6.07, 6.45) is 3.40. The van der Waals surface area contributed by atoms with E-state index in [9.17, 15) is 4.79 Å². The molecule has 1 atom stereocenters. The number of aromatic nitrogens is 1. The number of aromatic amines is 1. The zero-order valence-corrected chi connectivity index (χ0v) is 13.4. The quantitative estimate of drug-likeness (QED) is 0.493. The molecule has 24 heavy (non-hydrogen) atoms. The number of H-pyrrole nitrogens is 1. The molecule has 3 rings (SSSR count). The predicted octanol–water partition coefficient (Wildman–Crippen LogP) is 3.56. The molecule has 3 aromatic rings. The Bertz CT molecular complexity index is 824. The van der Waals surface area contributed by atoms with Crippen molar-refractivity contribution in [2.75, 3.05) is 0 Å². The molecular weight excluding hydrogens is 300 g/mol. The maximum atomic E-state index is 11.4. The van der Waals surface area contributed by atoms with Gasteiger partial charge in [0.2, 0.25) is 0 Å². The average molecular weight is 320 g/mol. The van der Waals surface area contributed by atoms with Gasteiger partial charge in [-0.1, -0.05) is 48.5 Å². The minimum Gasteiger partial charge on any atom is -0.475 e. The second-order valence-corrected chi connectivity index (χ2v) is 5.65. The zero-order chi connectivity index (χ0) is 16.8. The van der Waals surface area contributed by atoms with Gasteiger partial charge in [-0.3, -0.25) is 0 Å². The number of fused-ring (bicyclic) bond motifs is 1. The third-order valence-corrected chi connectivity index (χ3v) is 3.88. The van der Waals surface area contributed by atoms with Crippen LogP contribution in [-0.2, 0) is 22.6 Å². The predicted molar refractivity (Wildman–Crippen MR) is 95.4 cm³/mol. The summed E-state index contributed by atoms with van der Waals surface area (Å²) in [5.74, 6) is 0.399. The SMILES string of the molecule is C=C(NC(C=O)Cc1c[nH]c2ccccc12)OCc1ccccc1. The lowest BCUT2D eigenvalue weighted by Crippen LogP contribution is -2.32. The summed E-state index contributed by atoms with van der Waals surface area (Å²) in [5.41, 5.74) is 3.21. The molecule has 4 nitrogen and oxygen atoms in total. The maximum Gasteiger partial charge on any atom is 0.180 e. The Morgan fingerprint density at radius 2 is 1.92 bits per heavy atom. The van der Waals surface area contributed by atoms with Crippen LogP contribution in [-0.4, -0.2) is 17.3 Å². The molecule has 2 aromatic carbocycles. The molecule has 0 aliphatic carbocycles. The molecule has 0 aliphatic heterocycles. The molecule has 0 saturated carbocycles. The molecule has 0 saturated heterocycles. The van der Waals surface area contributed by atoms with Crippen LogP contribution in [0.25, 0.3) is 10.9 Å². The number of benzene rings is 2. The number of hydrogen-bond acceptors (Lipinski definition) is 3. The van der Waals surface area contributed by atoms with Gasteiger partial charge in [-0.25, -0.2) is 0 Å². The molecule has 122 valence electrons. The van der Waals surface area contributed by atoms with Crippen molar-refractivity contribution in [2.45, 2.75) is 19.1 Å². The van der Waals surface area contributed by atoms with Crippen LogP contribution >= 0.6 is 0 Å². The fourth-order valence-electron chi connectivity index (χ4n) is 2.66. The lowest BCUT2D eigenvalue weighted by atomic mass is 10.1. The molecule has 1 aromatic heterocycles. The number of nitrogens with one attached hydrogen (secondary N) is 2. The van der Waals surface area contributed by atoms with Crippen LogP contribution in [0.2, 0.25) is 0 Å². The van der Waals surface area contributed by atoms with Gasteiger partial charge in [0.05, 0.1) is 6.04 Å². The van der Waals surface area contributed by atoms with E-state index < -0.39 is 0 Å². The summed E-state index contributed by atoms with van der Waals surface area (Å²) >= 11 is 0. The van der Waals surface area contributed by atoms with Gasteiger partial charge in [0.1, 0.15) is 12.9 Å². The largest absolute Gasteiger partial charge is 0.475 e. The average Bonchev–Trinajstić information content (AvgIpc) is 3.03. The third kappa shape index (κ3) is 3.84. The lowest BCUT2D eigenvalue weighted by molar-refractivity contribution is -0.109. The minimum atomic E-state index is -0.382. The number of aldehydes is 1. The van der Waals surface area contributed by atoms with Crippen LogP contribution in [0.15, 0.2) is 73.3 Å². The van der Waals surface area contributed by atoms with Gasteiger partial charge in [-0.05, 0) is 23.8 Å². The highest BCUT2D eigenvalue weighted by molar-refractivity contribution is 5.83. The van der Waals surface area contributed by atoms with E-state index in [0.29, 0.717) is 18.9 Å². The van der Waals surface area contributed by atoms with Crippen molar-refractivity contribution in [3.05, 3.63) is 84.4 Å². The highest BCUT2D eigenvalue weighted by Crippen LogP contribution is 2.19. The van der Waals surface area contributed by atoms with Gasteiger partial charge >= 0.3 is 0 Å². The Labute approximate surface area is 141 Å². The van der Waals surface area contributed by atoms with E-state index in [4.69, 9.17) is 4.74 Å². The van der Waals surface area contributed by atoms with Gasteiger partial charge in [-0.15, -0.1) is 0 Å². The van der Waals surface area contributed by atoms with Gasteiger partial charge in [0, 0.05) is 23.5 Å². The first-order valence-corrected chi connectivity index (χ1v) is 7.88. The molecule has 1 unspecified atom stereocenters. The lowest BCUT2D eigenvalue weighted by Gasteiger charge is -2.16. The minimum absolute atomic E-state index is 0.382. The number of rotatable bonds is 8. The Kier molecular flexibility index (Phi) is 4.96. The second kappa shape index (κ2) is 7.51. The summed E-state index contributed by atoms with van der Waals surface area (Å²) in [6.45, 7) is 4.27. The fourth-order valence-corrected chi connectivity index (χ4v) is 2.66.